The van der Waals surface area contributed by atoms with Crippen molar-refractivity contribution in [3.63, 3.8) is 0 Å². The number of ketones is 1. The third-order valence-corrected chi connectivity index (χ3v) is 6.76. The molecule has 174 valence electrons. The second kappa shape index (κ2) is 9.51. The van der Waals surface area contributed by atoms with Gasteiger partial charge in [0.2, 0.25) is 0 Å². The minimum Gasteiger partial charge on any atom is -0.507 e. The van der Waals surface area contributed by atoms with Crippen molar-refractivity contribution in [3.8, 4) is 5.75 Å². The molecule has 4 rings (SSSR count). The van der Waals surface area contributed by atoms with Crippen molar-refractivity contribution in [3.05, 3.63) is 97.0 Å². The number of methoxy groups -OCH3 is 1. The molecule has 1 fully saturated rings. The van der Waals surface area contributed by atoms with Crippen LogP contribution in [0.2, 0.25) is 20.1 Å². The molecule has 1 amide bonds. The van der Waals surface area contributed by atoms with Gasteiger partial charge in [-0.1, -0.05) is 64.6 Å². The summed E-state index contributed by atoms with van der Waals surface area (Å²) in [6, 6.07) is 13.6. The van der Waals surface area contributed by atoms with Crippen LogP contribution in [0.5, 0.6) is 5.75 Å². The predicted molar refractivity (Wildman–Crippen MR) is 135 cm³/mol. The number of carbonyl (C=O) groups is 2. The Hall–Kier alpha value is -2.70. The van der Waals surface area contributed by atoms with Crippen LogP contribution in [-0.4, -0.2) is 23.9 Å². The van der Waals surface area contributed by atoms with E-state index >= 15 is 0 Å². The molecule has 1 saturated heterocycles. The second-order valence-corrected chi connectivity index (χ2v) is 9.29. The van der Waals surface area contributed by atoms with Crippen molar-refractivity contribution in [2.24, 2.45) is 0 Å². The van der Waals surface area contributed by atoms with Crippen LogP contribution in [0.4, 0.5) is 5.69 Å². The summed E-state index contributed by atoms with van der Waals surface area (Å²) in [5.74, 6) is -1.88. The fraction of sp³-hybridized carbons (Fsp3) is 0.120. The Kier molecular flexibility index (Phi) is 6.83. The Labute approximate surface area is 216 Å². The van der Waals surface area contributed by atoms with Crippen LogP contribution in [0.1, 0.15) is 22.7 Å². The number of carbonyl (C=O) groups excluding carboxylic acids is 2. The van der Waals surface area contributed by atoms with Gasteiger partial charge in [-0.3, -0.25) is 14.5 Å². The first-order valence-corrected chi connectivity index (χ1v) is 11.5. The lowest BCUT2D eigenvalue weighted by Gasteiger charge is -2.26. The van der Waals surface area contributed by atoms with Crippen molar-refractivity contribution in [2.75, 3.05) is 12.0 Å². The van der Waals surface area contributed by atoms with Crippen LogP contribution in [0, 0.1) is 6.92 Å². The third-order valence-electron chi connectivity index (χ3n) is 5.54. The molecule has 1 atom stereocenters. The summed E-state index contributed by atoms with van der Waals surface area (Å²) in [5, 5.41) is 12.4. The number of rotatable bonds is 4. The van der Waals surface area contributed by atoms with E-state index in [1.165, 1.54) is 24.1 Å². The van der Waals surface area contributed by atoms with E-state index in [0.29, 0.717) is 21.3 Å². The molecule has 9 heteroatoms. The van der Waals surface area contributed by atoms with E-state index in [2.05, 4.69) is 0 Å². The van der Waals surface area contributed by atoms with E-state index in [-0.39, 0.29) is 26.9 Å². The number of anilines is 1. The van der Waals surface area contributed by atoms with Crippen LogP contribution in [0.3, 0.4) is 0 Å². The maximum Gasteiger partial charge on any atom is 0.300 e. The number of nitrogens with zero attached hydrogens (tertiary/aromatic N) is 1. The zero-order valence-corrected chi connectivity index (χ0v) is 20.9. The third kappa shape index (κ3) is 4.25. The molecule has 5 nitrogen and oxygen atoms in total. The van der Waals surface area contributed by atoms with Gasteiger partial charge < -0.3 is 9.84 Å². The van der Waals surface area contributed by atoms with Gasteiger partial charge in [0, 0.05) is 21.3 Å². The number of Topliss-reactive ketones (excluding diaryl/α,β-unsaturated/α-hetero) is 1. The predicted octanol–water partition coefficient (Wildman–Crippen LogP) is 7.24. The van der Waals surface area contributed by atoms with Gasteiger partial charge >= 0.3 is 0 Å². The van der Waals surface area contributed by atoms with E-state index in [4.69, 9.17) is 51.1 Å². The summed E-state index contributed by atoms with van der Waals surface area (Å²) in [4.78, 5) is 27.8. The van der Waals surface area contributed by atoms with Gasteiger partial charge in [0.05, 0.1) is 28.8 Å². The number of aliphatic hydroxyl groups excluding tert-OH is 1. The maximum atomic E-state index is 13.2. The lowest BCUT2D eigenvalue weighted by Crippen LogP contribution is -2.29. The Balaban J connectivity index is 1.97. The average Bonchev–Trinajstić information content (AvgIpc) is 3.06. The summed E-state index contributed by atoms with van der Waals surface area (Å²) in [6.45, 7) is 1.83. The molecule has 1 unspecified atom stereocenters. The van der Waals surface area contributed by atoms with E-state index in [1.54, 1.807) is 42.5 Å². The molecule has 0 radical (unpaired) electrons. The van der Waals surface area contributed by atoms with E-state index in [9.17, 15) is 14.7 Å². The van der Waals surface area contributed by atoms with Gasteiger partial charge in [0.1, 0.15) is 5.76 Å². The summed E-state index contributed by atoms with van der Waals surface area (Å²) < 4.78 is 5.16. The Morgan fingerprint density at radius 3 is 2.09 bits per heavy atom. The van der Waals surface area contributed by atoms with Crippen molar-refractivity contribution in [1.29, 1.82) is 0 Å². The Morgan fingerprint density at radius 1 is 0.912 bits per heavy atom. The first kappa shape index (κ1) is 24.4. The largest absolute Gasteiger partial charge is 0.507 e. The molecule has 3 aromatic rings. The number of ether oxygens (including phenoxy) is 1. The fourth-order valence-electron chi connectivity index (χ4n) is 3.84. The van der Waals surface area contributed by atoms with Crippen LogP contribution < -0.4 is 9.64 Å². The van der Waals surface area contributed by atoms with Crippen LogP contribution in [-0.2, 0) is 9.59 Å². The summed E-state index contributed by atoms with van der Waals surface area (Å²) >= 11 is 24.9. The summed E-state index contributed by atoms with van der Waals surface area (Å²) in [6.07, 6.45) is 0. The quantitative estimate of drug-likeness (QED) is 0.217. The average molecular weight is 537 g/mol. The molecule has 0 spiro atoms. The molecular weight excluding hydrogens is 520 g/mol. The summed E-state index contributed by atoms with van der Waals surface area (Å²) in [7, 11) is 1.41. The number of hydrogen-bond acceptors (Lipinski definition) is 4. The number of amides is 1. The SMILES string of the molecule is COc1c(Cl)cc(/C(O)=C2\C(=O)C(=O)N(c3ccc(C)c(Cl)c3)C2c2ccc(Cl)cc2)cc1Cl. The highest BCUT2D eigenvalue weighted by molar-refractivity contribution is 6.52. The molecule has 1 N–H and O–H groups in total. The first-order chi connectivity index (χ1) is 16.1. The molecule has 0 aliphatic carbocycles. The number of halogens is 4. The lowest BCUT2D eigenvalue weighted by atomic mass is 9.95. The molecule has 34 heavy (non-hydrogen) atoms. The molecule has 1 heterocycles. The normalized spacial score (nSPS) is 17.4. The van der Waals surface area contributed by atoms with Crippen molar-refractivity contribution < 1.29 is 19.4 Å². The molecule has 0 bridgehead atoms. The smallest absolute Gasteiger partial charge is 0.300 e. The number of aliphatic hydroxyl groups is 1. The molecule has 1 aliphatic heterocycles. The highest BCUT2D eigenvalue weighted by Crippen LogP contribution is 2.44. The van der Waals surface area contributed by atoms with Gasteiger partial charge in [-0.25, -0.2) is 0 Å². The minimum atomic E-state index is -0.948. The standard InChI is InChI=1S/C25H17Cl4NO4/c1-12-3-8-16(11-17(12)27)30-21(13-4-6-15(26)7-5-13)20(23(32)25(30)33)22(31)14-9-18(28)24(34-2)19(29)10-14/h3-11,21,31H,1-2H3/b22-20+. The minimum absolute atomic E-state index is 0.124. The zero-order valence-electron chi connectivity index (χ0n) is 17.9. The molecule has 3 aromatic carbocycles. The van der Waals surface area contributed by atoms with E-state index in [1.807, 2.05) is 6.92 Å². The molecular formula is C25H17Cl4NO4. The second-order valence-electron chi connectivity index (χ2n) is 7.63. The Morgan fingerprint density at radius 2 is 1.53 bits per heavy atom. The van der Waals surface area contributed by atoms with Crippen LogP contribution in [0.15, 0.2) is 60.2 Å². The lowest BCUT2D eigenvalue weighted by molar-refractivity contribution is -0.132. The van der Waals surface area contributed by atoms with Crippen molar-refractivity contribution >= 4 is 69.5 Å². The van der Waals surface area contributed by atoms with Gasteiger partial charge in [0.15, 0.2) is 5.75 Å². The molecule has 0 saturated carbocycles. The van der Waals surface area contributed by atoms with E-state index in [0.717, 1.165) is 5.56 Å². The van der Waals surface area contributed by atoms with Crippen LogP contribution in [0.25, 0.3) is 5.76 Å². The van der Waals surface area contributed by atoms with Crippen molar-refractivity contribution in [1.82, 2.24) is 0 Å². The van der Waals surface area contributed by atoms with E-state index < -0.39 is 23.5 Å². The number of benzene rings is 3. The van der Waals surface area contributed by atoms with Crippen molar-refractivity contribution in [2.45, 2.75) is 13.0 Å². The molecule has 1 aliphatic rings. The Bertz CT molecular complexity index is 1330. The highest BCUT2D eigenvalue weighted by atomic mass is 35.5. The number of hydrogen-bond donors (Lipinski definition) is 1. The summed E-state index contributed by atoms with van der Waals surface area (Å²) in [5.41, 5.74) is 1.82. The monoisotopic (exact) mass is 535 g/mol. The fourth-order valence-corrected chi connectivity index (χ4v) is 4.78. The highest BCUT2D eigenvalue weighted by Gasteiger charge is 2.47. The van der Waals surface area contributed by atoms with Gasteiger partial charge in [-0.05, 0) is 54.4 Å². The first-order valence-electron chi connectivity index (χ1n) is 10.00. The van der Waals surface area contributed by atoms with Gasteiger partial charge in [-0.15, -0.1) is 0 Å². The maximum absolute atomic E-state index is 13.2. The zero-order chi connectivity index (χ0) is 24.7. The van der Waals surface area contributed by atoms with Gasteiger partial charge in [-0.2, -0.15) is 0 Å². The van der Waals surface area contributed by atoms with Gasteiger partial charge in [0.25, 0.3) is 11.7 Å². The van der Waals surface area contributed by atoms with Crippen LogP contribution >= 0.6 is 46.4 Å². The molecule has 0 aromatic heterocycles. The number of aryl methyl sites for hydroxylation is 1. The topological polar surface area (TPSA) is 66.8 Å².